The number of nitrogens with one attached hydrogen (secondary N) is 3. The van der Waals surface area contributed by atoms with Gasteiger partial charge >= 0.3 is 0 Å². The first-order valence-electron chi connectivity index (χ1n) is 11.2. The summed E-state index contributed by atoms with van der Waals surface area (Å²) in [7, 11) is -3.25. The Morgan fingerprint density at radius 3 is 2.52 bits per heavy atom. The van der Waals surface area contributed by atoms with Crippen molar-refractivity contribution < 1.29 is 13.2 Å². The Morgan fingerprint density at radius 2 is 1.93 bits per heavy atom. The van der Waals surface area contributed by atoms with E-state index in [4.69, 9.17) is 4.74 Å². The highest BCUT2D eigenvalue weighted by molar-refractivity contribution is 7.89. The molecule has 29 heavy (non-hydrogen) atoms. The average Bonchev–Trinajstić information content (AvgIpc) is 2.61. The maximum absolute atomic E-state index is 12.1. The van der Waals surface area contributed by atoms with Gasteiger partial charge in [0.25, 0.3) is 0 Å². The van der Waals surface area contributed by atoms with Gasteiger partial charge in [0.1, 0.15) is 0 Å². The van der Waals surface area contributed by atoms with Crippen molar-refractivity contribution in [2.45, 2.75) is 65.0 Å². The van der Waals surface area contributed by atoms with Gasteiger partial charge in [-0.1, -0.05) is 6.42 Å². The lowest BCUT2D eigenvalue weighted by atomic mass is 9.86. The molecule has 2 rings (SSSR count). The van der Waals surface area contributed by atoms with Crippen molar-refractivity contribution in [2.24, 2.45) is 10.9 Å². The van der Waals surface area contributed by atoms with Crippen molar-refractivity contribution in [3.05, 3.63) is 0 Å². The number of rotatable bonds is 12. The zero-order valence-corrected chi connectivity index (χ0v) is 19.3. The van der Waals surface area contributed by atoms with Crippen LogP contribution in [-0.2, 0) is 14.8 Å². The van der Waals surface area contributed by atoms with E-state index < -0.39 is 10.0 Å². The quantitative estimate of drug-likeness (QED) is 0.317. The Kier molecular flexibility index (Phi) is 10.7. The van der Waals surface area contributed by atoms with Crippen LogP contribution in [0.3, 0.4) is 0 Å². The minimum Gasteiger partial charge on any atom is -0.377 e. The molecule has 0 bridgehead atoms. The lowest BCUT2D eigenvalue weighted by Gasteiger charge is -2.33. The van der Waals surface area contributed by atoms with Crippen molar-refractivity contribution in [2.75, 3.05) is 51.6 Å². The maximum Gasteiger partial charge on any atom is 0.213 e. The van der Waals surface area contributed by atoms with Gasteiger partial charge < -0.3 is 20.3 Å². The smallest absolute Gasteiger partial charge is 0.213 e. The van der Waals surface area contributed by atoms with Crippen LogP contribution in [0.1, 0.15) is 52.9 Å². The van der Waals surface area contributed by atoms with Gasteiger partial charge in [0.15, 0.2) is 5.96 Å². The lowest BCUT2D eigenvalue weighted by molar-refractivity contribution is 0.0532. The van der Waals surface area contributed by atoms with E-state index in [1.165, 1.54) is 6.42 Å². The molecule has 0 aromatic heterocycles. The third-order valence-corrected chi connectivity index (χ3v) is 6.90. The fourth-order valence-electron chi connectivity index (χ4n) is 3.52. The summed E-state index contributed by atoms with van der Waals surface area (Å²) in [4.78, 5) is 6.92. The molecule has 0 spiro atoms. The van der Waals surface area contributed by atoms with Crippen LogP contribution in [0.15, 0.2) is 4.99 Å². The Bertz CT molecular complexity index is 585. The van der Waals surface area contributed by atoms with E-state index >= 15 is 0 Å². The fourth-order valence-corrected chi connectivity index (χ4v) is 4.49. The molecule has 1 aliphatic carbocycles. The third kappa shape index (κ3) is 10.1. The summed E-state index contributed by atoms with van der Waals surface area (Å²) < 4.78 is 32.6. The maximum atomic E-state index is 12.1. The molecular formula is C20H41N5O3S. The number of nitrogens with zero attached hydrogens (tertiary/aromatic N) is 2. The molecule has 170 valence electrons. The number of ether oxygens (including phenoxy) is 1. The molecule has 9 heteroatoms. The van der Waals surface area contributed by atoms with Gasteiger partial charge in [-0.3, -0.25) is 4.99 Å². The van der Waals surface area contributed by atoms with Crippen molar-refractivity contribution in [1.82, 2.24) is 20.3 Å². The standard InChI is InChI=1S/C20H41N5O3S/c1-4-21-20(22-10-15-29(26,27)23-16-18-6-5-7-18)24-19-8-11-25(12-9-19)13-14-28-17(2)3/h17-19,23H,4-16H2,1-3H3,(H2,21,22,24). The summed E-state index contributed by atoms with van der Waals surface area (Å²) in [5, 5.41) is 6.70. The Labute approximate surface area is 177 Å². The second kappa shape index (κ2) is 12.7. The number of likely N-dealkylation sites (tertiary alicyclic amines) is 1. The predicted octanol–water partition coefficient (Wildman–Crippen LogP) is 1.15. The summed E-state index contributed by atoms with van der Waals surface area (Å²) in [5.41, 5.74) is 0. The number of sulfonamides is 1. The van der Waals surface area contributed by atoms with Crippen LogP contribution in [0.25, 0.3) is 0 Å². The van der Waals surface area contributed by atoms with Gasteiger partial charge in [-0.25, -0.2) is 13.1 Å². The zero-order chi connectivity index (χ0) is 21.1. The third-order valence-electron chi connectivity index (χ3n) is 5.58. The topological polar surface area (TPSA) is 95.1 Å². The van der Waals surface area contributed by atoms with Gasteiger partial charge in [-0.2, -0.15) is 0 Å². The van der Waals surface area contributed by atoms with Gasteiger partial charge in [-0.05, 0) is 52.4 Å². The molecular weight excluding hydrogens is 390 g/mol. The number of hydrogen-bond acceptors (Lipinski definition) is 5. The van der Waals surface area contributed by atoms with Crippen LogP contribution in [0.4, 0.5) is 0 Å². The molecule has 1 saturated heterocycles. The summed E-state index contributed by atoms with van der Waals surface area (Å²) >= 11 is 0. The predicted molar refractivity (Wildman–Crippen MR) is 119 cm³/mol. The van der Waals surface area contributed by atoms with Gasteiger partial charge in [0.05, 0.1) is 25.0 Å². The van der Waals surface area contributed by atoms with Crippen molar-refractivity contribution in [1.29, 1.82) is 0 Å². The molecule has 1 aliphatic heterocycles. The Balaban J connectivity index is 1.69. The van der Waals surface area contributed by atoms with Crippen LogP contribution in [-0.4, -0.2) is 83.1 Å². The Morgan fingerprint density at radius 1 is 1.21 bits per heavy atom. The first kappa shape index (κ1) is 24.4. The SMILES string of the molecule is CCNC(=NCCS(=O)(=O)NCC1CCC1)NC1CCN(CCOC(C)C)CC1. The summed E-state index contributed by atoms with van der Waals surface area (Å²) in [6, 6.07) is 0.364. The number of guanidine groups is 1. The van der Waals surface area contributed by atoms with Crippen LogP contribution in [0.5, 0.6) is 0 Å². The van der Waals surface area contributed by atoms with Crippen LogP contribution < -0.4 is 15.4 Å². The summed E-state index contributed by atoms with van der Waals surface area (Å²) in [6.07, 6.45) is 5.88. The molecule has 0 atom stereocenters. The molecule has 0 unspecified atom stereocenters. The van der Waals surface area contributed by atoms with E-state index in [-0.39, 0.29) is 18.4 Å². The van der Waals surface area contributed by atoms with Gasteiger partial charge in [0.2, 0.25) is 10.0 Å². The molecule has 8 nitrogen and oxygen atoms in total. The van der Waals surface area contributed by atoms with Gasteiger partial charge in [-0.15, -0.1) is 0 Å². The summed E-state index contributed by atoms with van der Waals surface area (Å²) in [5.74, 6) is 1.27. The highest BCUT2D eigenvalue weighted by Gasteiger charge is 2.21. The summed E-state index contributed by atoms with van der Waals surface area (Å²) in [6.45, 7) is 11.6. The monoisotopic (exact) mass is 431 g/mol. The second-order valence-electron chi connectivity index (χ2n) is 8.40. The fraction of sp³-hybridized carbons (Fsp3) is 0.950. The van der Waals surface area contributed by atoms with Crippen molar-refractivity contribution in [3.8, 4) is 0 Å². The van der Waals surface area contributed by atoms with E-state index in [9.17, 15) is 8.42 Å². The molecule has 2 aliphatic rings. The molecule has 0 aromatic rings. The van der Waals surface area contributed by atoms with Crippen LogP contribution in [0, 0.1) is 5.92 Å². The minimum absolute atomic E-state index is 0.0323. The second-order valence-corrected chi connectivity index (χ2v) is 10.3. The normalized spacial score (nSPS) is 20.1. The minimum atomic E-state index is -3.25. The van der Waals surface area contributed by atoms with Gasteiger partial charge in [0, 0.05) is 38.8 Å². The number of piperidine rings is 1. The molecule has 0 aromatic carbocycles. The van der Waals surface area contributed by atoms with E-state index in [2.05, 4.69) is 39.1 Å². The average molecular weight is 432 g/mol. The van der Waals surface area contributed by atoms with Crippen LogP contribution >= 0.6 is 0 Å². The number of aliphatic imine (C=N–C) groups is 1. The highest BCUT2D eigenvalue weighted by Crippen LogP contribution is 2.25. The molecule has 3 N–H and O–H groups in total. The molecule has 2 fully saturated rings. The van der Waals surface area contributed by atoms with E-state index in [1.807, 2.05) is 6.92 Å². The lowest BCUT2D eigenvalue weighted by Crippen LogP contribution is -2.49. The zero-order valence-electron chi connectivity index (χ0n) is 18.5. The van der Waals surface area contributed by atoms with Crippen molar-refractivity contribution in [3.63, 3.8) is 0 Å². The van der Waals surface area contributed by atoms with E-state index in [0.29, 0.717) is 24.5 Å². The number of hydrogen-bond donors (Lipinski definition) is 3. The van der Waals surface area contributed by atoms with E-state index in [0.717, 1.165) is 58.5 Å². The van der Waals surface area contributed by atoms with E-state index in [1.54, 1.807) is 0 Å². The van der Waals surface area contributed by atoms with Crippen LogP contribution in [0.2, 0.25) is 0 Å². The molecule has 1 heterocycles. The highest BCUT2D eigenvalue weighted by atomic mass is 32.2. The first-order valence-corrected chi connectivity index (χ1v) is 12.9. The first-order chi connectivity index (χ1) is 13.9. The molecule has 0 radical (unpaired) electrons. The van der Waals surface area contributed by atoms with Crippen molar-refractivity contribution >= 4 is 16.0 Å². The molecule has 1 saturated carbocycles. The Hall–Kier alpha value is -0.900. The molecule has 0 amide bonds. The largest absolute Gasteiger partial charge is 0.377 e.